The summed E-state index contributed by atoms with van der Waals surface area (Å²) in [5, 5.41) is 0. The molecule has 4 aromatic rings. The van der Waals surface area contributed by atoms with Crippen LogP contribution in [0, 0.1) is 0 Å². The first-order valence-corrected chi connectivity index (χ1v) is 8.38. The van der Waals surface area contributed by atoms with E-state index in [0.717, 1.165) is 16.0 Å². The van der Waals surface area contributed by atoms with Gasteiger partial charge < -0.3 is 4.74 Å². The lowest BCUT2D eigenvalue weighted by molar-refractivity contribution is 0.311. The number of benzene rings is 3. The molecule has 23 heavy (non-hydrogen) atoms. The zero-order valence-corrected chi connectivity index (χ0v) is 13.3. The zero-order valence-electron chi connectivity index (χ0n) is 12.5. The zero-order chi connectivity index (χ0) is 15.5. The summed E-state index contributed by atoms with van der Waals surface area (Å²) in [7, 11) is 0. The highest BCUT2D eigenvalue weighted by Gasteiger charge is 2.08. The van der Waals surface area contributed by atoms with Crippen molar-refractivity contribution in [3.63, 3.8) is 0 Å². The van der Waals surface area contributed by atoms with Crippen molar-refractivity contribution in [3.8, 4) is 16.9 Å². The molecule has 0 aliphatic rings. The van der Waals surface area contributed by atoms with Crippen LogP contribution in [0.25, 0.3) is 21.3 Å². The Balaban J connectivity index is 1.64. The van der Waals surface area contributed by atoms with Crippen LogP contribution in [0.3, 0.4) is 0 Å². The average Bonchev–Trinajstić information content (AvgIpc) is 3.10. The molecular weight excluding hydrogens is 302 g/mol. The Labute approximate surface area is 139 Å². The highest BCUT2D eigenvalue weighted by Crippen LogP contribution is 2.30. The summed E-state index contributed by atoms with van der Waals surface area (Å²) < 4.78 is 7.20. The largest absolute Gasteiger partial charge is 0.487 e. The number of hydrogen-bond donors (Lipinski definition) is 0. The third-order valence-corrected chi connectivity index (χ3v) is 4.66. The second-order valence-corrected chi connectivity index (χ2v) is 6.12. The van der Waals surface area contributed by atoms with Gasteiger partial charge in [0.2, 0.25) is 0 Å². The maximum absolute atomic E-state index is 6.10. The average molecular weight is 317 g/mol. The summed E-state index contributed by atoms with van der Waals surface area (Å²) in [6.45, 7) is 0.544. The van der Waals surface area contributed by atoms with Crippen molar-refractivity contribution in [1.82, 2.24) is 4.98 Å². The fourth-order valence-electron chi connectivity index (χ4n) is 2.67. The summed E-state index contributed by atoms with van der Waals surface area (Å²) >= 11 is 1.61. The lowest BCUT2D eigenvalue weighted by atomic mass is 10.0. The van der Waals surface area contributed by atoms with Crippen molar-refractivity contribution in [2.24, 2.45) is 0 Å². The molecular formula is C20H15NOS. The van der Waals surface area contributed by atoms with E-state index in [1.807, 2.05) is 29.8 Å². The van der Waals surface area contributed by atoms with Gasteiger partial charge in [0, 0.05) is 0 Å². The number of fused-ring (bicyclic) bond motifs is 1. The molecule has 112 valence electrons. The molecule has 3 aromatic carbocycles. The molecule has 0 radical (unpaired) electrons. The fourth-order valence-corrected chi connectivity index (χ4v) is 3.43. The molecule has 0 bridgehead atoms. The Morgan fingerprint density at radius 2 is 1.65 bits per heavy atom. The quantitative estimate of drug-likeness (QED) is 0.493. The van der Waals surface area contributed by atoms with Crippen molar-refractivity contribution in [2.75, 3.05) is 0 Å². The van der Waals surface area contributed by atoms with E-state index < -0.39 is 0 Å². The minimum absolute atomic E-state index is 0.544. The lowest BCUT2D eigenvalue weighted by Gasteiger charge is -2.11. The van der Waals surface area contributed by atoms with E-state index in [2.05, 4.69) is 53.5 Å². The summed E-state index contributed by atoms with van der Waals surface area (Å²) in [6, 6.07) is 24.8. The van der Waals surface area contributed by atoms with Crippen LogP contribution in [0.5, 0.6) is 5.75 Å². The van der Waals surface area contributed by atoms with Gasteiger partial charge in [-0.2, -0.15) is 0 Å². The number of ether oxygens (including phenoxy) is 1. The van der Waals surface area contributed by atoms with Crippen LogP contribution in [0.15, 0.2) is 78.3 Å². The molecule has 0 unspecified atom stereocenters. The Kier molecular flexibility index (Phi) is 3.78. The summed E-state index contributed by atoms with van der Waals surface area (Å²) in [4.78, 5) is 4.34. The highest BCUT2D eigenvalue weighted by molar-refractivity contribution is 7.17. The number of nitrogens with zero attached hydrogens (tertiary/aromatic N) is 1. The third kappa shape index (κ3) is 2.83. The minimum atomic E-state index is 0.544. The molecule has 4 rings (SSSR count). The normalized spacial score (nSPS) is 10.8. The Hall–Kier alpha value is -2.65. The van der Waals surface area contributed by atoms with Gasteiger partial charge in [-0.25, -0.2) is 4.98 Å². The molecule has 1 aromatic heterocycles. The summed E-state index contributed by atoms with van der Waals surface area (Å²) in [6.07, 6.45) is 0. The number of thiazole rings is 1. The Bertz CT molecular complexity index is 930. The fraction of sp³-hybridized carbons (Fsp3) is 0.0500. The lowest BCUT2D eigenvalue weighted by Crippen LogP contribution is -1.98. The van der Waals surface area contributed by atoms with Crippen molar-refractivity contribution in [3.05, 3.63) is 83.9 Å². The second-order valence-electron chi connectivity index (χ2n) is 5.27. The molecule has 2 nitrogen and oxygen atoms in total. The van der Waals surface area contributed by atoms with Gasteiger partial charge in [-0.05, 0) is 28.8 Å². The van der Waals surface area contributed by atoms with Gasteiger partial charge in [0.15, 0.2) is 0 Å². The molecule has 0 atom stereocenters. The molecule has 0 aliphatic carbocycles. The van der Waals surface area contributed by atoms with Gasteiger partial charge in [0.05, 0.1) is 15.7 Å². The standard InChI is InChI=1S/C20H15NOS/c1-2-7-15(8-3-1)17-10-5-4-9-16(17)13-22-19-12-6-11-18-20(19)23-14-21-18/h1-12,14H,13H2. The number of aromatic nitrogens is 1. The monoisotopic (exact) mass is 317 g/mol. The van der Waals surface area contributed by atoms with Gasteiger partial charge >= 0.3 is 0 Å². The van der Waals surface area contributed by atoms with Crippen LogP contribution < -0.4 is 4.74 Å². The highest BCUT2D eigenvalue weighted by atomic mass is 32.1. The maximum Gasteiger partial charge on any atom is 0.139 e. The first-order valence-electron chi connectivity index (χ1n) is 7.50. The van der Waals surface area contributed by atoms with E-state index in [4.69, 9.17) is 4.74 Å². The van der Waals surface area contributed by atoms with Crippen LogP contribution in [0.1, 0.15) is 5.56 Å². The van der Waals surface area contributed by atoms with Crippen LogP contribution in [0.2, 0.25) is 0 Å². The molecule has 0 amide bonds. The van der Waals surface area contributed by atoms with Gasteiger partial charge in [0.1, 0.15) is 12.4 Å². The predicted molar refractivity (Wildman–Crippen MR) is 95.8 cm³/mol. The molecule has 1 heterocycles. The third-order valence-electron chi connectivity index (χ3n) is 3.81. The summed E-state index contributed by atoms with van der Waals surface area (Å²) in [5.74, 6) is 0.896. The van der Waals surface area contributed by atoms with E-state index in [9.17, 15) is 0 Å². The second kappa shape index (κ2) is 6.23. The first kappa shape index (κ1) is 14.0. The topological polar surface area (TPSA) is 22.1 Å². The van der Waals surface area contributed by atoms with E-state index >= 15 is 0 Å². The van der Waals surface area contributed by atoms with Crippen molar-refractivity contribution >= 4 is 21.6 Å². The number of rotatable bonds is 4. The summed E-state index contributed by atoms with van der Waals surface area (Å²) in [5.41, 5.74) is 6.45. The molecule has 0 spiro atoms. The van der Waals surface area contributed by atoms with Crippen molar-refractivity contribution < 1.29 is 4.74 Å². The van der Waals surface area contributed by atoms with Crippen LogP contribution in [-0.2, 0) is 6.61 Å². The number of hydrogen-bond acceptors (Lipinski definition) is 3. The van der Waals surface area contributed by atoms with Crippen molar-refractivity contribution in [1.29, 1.82) is 0 Å². The first-order chi connectivity index (χ1) is 11.4. The molecule has 0 aliphatic heterocycles. The molecule has 0 saturated heterocycles. The van der Waals surface area contributed by atoms with Crippen LogP contribution in [0.4, 0.5) is 0 Å². The van der Waals surface area contributed by atoms with Gasteiger partial charge in [-0.3, -0.25) is 0 Å². The predicted octanol–water partition coefficient (Wildman–Crippen LogP) is 5.54. The molecule has 0 saturated carbocycles. The van der Waals surface area contributed by atoms with Gasteiger partial charge in [-0.15, -0.1) is 11.3 Å². The van der Waals surface area contributed by atoms with Crippen LogP contribution in [-0.4, -0.2) is 4.98 Å². The smallest absolute Gasteiger partial charge is 0.139 e. The van der Waals surface area contributed by atoms with Crippen LogP contribution >= 0.6 is 11.3 Å². The van der Waals surface area contributed by atoms with Gasteiger partial charge in [0.25, 0.3) is 0 Å². The SMILES string of the molecule is c1ccc(-c2ccccc2COc2cccc3ncsc23)cc1. The van der Waals surface area contributed by atoms with E-state index in [1.165, 1.54) is 16.7 Å². The van der Waals surface area contributed by atoms with Gasteiger partial charge in [-0.1, -0.05) is 60.7 Å². The van der Waals surface area contributed by atoms with E-state index in [-0.39, 0.29) is 0 Å². The van der Waals surface area contributed by atoms with Crippen molar-refractivity contribution in [2.45, 2.75) is 6.61 Å². The molecule has 0 N–H and O–H groups in total. The Morgan fingerprint density at radius 1 is 0.826 bits per heavy atom. The Morgan fingerprint density at radius 3 is 2.57 bits per heavy atom. The molecule has 3 heteroatoms. The maximum atomic E-state index is 6.10. The minimum Gasteiger partial charge on any atom is -0.487 e. The van der Waals surface area contributed by atoms with E-state index in [1.54, 1.807) is 11.3 Å². The molecule has 0 fully saturated rings. The van der Waals surface area contributed by atoms with E-state index in [0.29, 0.717) is 6.61 Å².